The number of para-hydroxylation sites is 1. The molecule has 1 unspecified atom stereocenters. The zero-order chi connectivity index (χ0) is 36.8. The van der Waals surface area contributed by atoms with Crippen molar-refractivity contribution >= 4 is 32.9 Å². The van der Waals surface area contributed by atoms with Crippen molar-refractivity contribution in [2.24, 2.45) is 0 Å². The summed E-state index contributed by atoms with van der Waals surface area (Å²) in [5.74, 6) is 0.935. The molecular weight excluding hydrogens is 679 g/mol. The Morgan fingerprint density at radius 2 is 1.62 bits per heavy atom. The number of ether oxygens (including phenoxy) is 2. The van der Waals surface area contributed by atoms with Crippen LogP contribution in [0.15, 0.2) is 72.8 Å². The van der Waals surface area contributed by atoms with Crippen LogP contribution in [0.25, 0.3) is 22.2 Å². The fourth-order valence-electron chi connectivity index (χ4n) is 7.43. The van der Waals surface area contributed by atoms with Crippen LogP contribution in [0.4, 0.5) is 0 Å². The highest BCUT2D eigenvalue weighted by molar-refractivity contribution is 7.87. The maximum atomic E-state index is 14.3. The van der Waals surface area contributed by atoms with Gasteiger partial charge in [-0.15, -0.1) is 0 Å². The van der Waals surface area contributed by atoms with Gasteiger partial charge in [-0.2, -0.15) is 12.7 Å². The Balaban J connectivity index is 1.44. The molecule has 1 saturated heterocycles. The molecule has 0 radical (unpaired) electrons. The standard InChI is InChI=1S/C40H51N5O6S/c1-5-43(6-2)26-34-27-44(23-24-50-34)37(46)28-45-36-25-31(40(47)41-52(48,49)42(3)4)19-22-35(36)38(29-13-9-7-10-14-29)39(45)30-17-20-33(21-18-30)51-32-15-11-8-12-16-32/h8,11-12,15-22,25,29,34H,5-7,9-10,13-14,23-24,26-28H2,1-4H3,(H,41,47). The molecule has 1 aliphatic heterocycles. The van der Waals surface area contributed by atoms with Crippen molar-refractivity contribution in [3.05, 3.63) is 83.9 Å². The molecule has 52 heavy (non-hydrogen) atoms. The van der Waals surface area contributed by atoms with Crippen molar-refractivity contribution in [1.82, 2.24) is 23.4 Å². The second-order valence-electron chi connectivity index (χ2n) is 13.9. The Labute approximate surface area is 307 Å². The van der Waals surface area contributed by atoms with Gasteiger partial charge in [0.2, 0.25) is 5.91 Å². The number of carbonyl (C=O) groups excluding carboxylic acids is 2. The van der Waals surface area contributed by atoms with E-state index in [4.69, 9.17) is 9.47 Å². The van der Waals surface area contributed by atoms with Gasteiger partial charge in [-0.1, -0.05) is 57.4 Å². The number of amides is 2. The number of carbonyl (C=O) groups is 2. The average molecular weight is 730 g/mol. The van der Waals surface area contributed by atoms with Gasteiger partial charge in [0.1, 0.15) is 18.0 Å². The van der Waals surface area contributed by atoms with Crippen LogP contribution >= 0.6 is 0 Å². The first-order chi connectivity index (χ1) is 25.1. The summed E-state index contributed by atoms with van der Waals surface area (Å²) in [5, 5.41) is 0.965. The molecule has 2 heterocycles. The number of fused-ring (bicyclic) bond motifs is 1. The number of morpholine rings is 1. The molecule has 3 aromatic carbocycles. The Kier molecular flexibility index (Phi) is 12.0. The third kappa shape index (κ3) is 8.52. The van der Waals surface area contributed by atoms with E-state index in [2.05, 4.69) is 23.5 Å². The second-order valence-corrected chi connectivity index (χ2v) is 15.8. The molecule has 1 saturated carbocycles. The molecule has 6 rings (SSSR count). The summed E-state index contributed by atoms with van der Waals surface area (Å²) in [7, 11) is -1.28. The summed E-state index contributed by atoms with van der Waals surface area (Å²) < 4.78 is 42.6. The molecule has 1 aliphatic carbocycles. The van der Waals surface area contributed by atoms with E-state index >= 15 is 0 Å². The molecule has 4 aromatic rings. The Morgan fingerprint density at radius 1 is 0.923 bits per heavy atom. The molecule has 2 fully saturated rings. The smallest absolute Gasteiger partial charge is 0.303 e. The minimum Gasteiger partial charge on any atom is -0.457 e. The van der Waals surface area contributed by atoms with Gasteiger partial charge in [0, 0.05) is 44.7 Å². The highest BCUT2D eigenvalue weighted by Crippen LogP contribution is 2.45. The van der Waals surface area contributed by atoms with Crippen molar-refractivity contribution in [2.75, 3.05) is 53.4 Å². The van der Waals surface area contributed by atoms with Crippen LogP contribution in [0.2, 0.25) is 0 Å². The van der Waals surface area contributed by atoms with Gasteiger partial charge >= 0.3 is 10.2 Å². The lowest BCUT2D eigenvalue weighted by Crippen LogP contribution is -2.50. The average Bonchev–Trinajstić information content (AvgIpc) is 3.47. The molecule has 0 spiro atoms. The van der Waals surface area contributed by atoms with E-state index < -0.39 is 16.1 Å². The molecule has 0 bridgehead atoms. The van der Waals surface area contributed by atoms with Gasteiger partial charge in [-0.25, -0.2) is 4.72 Å². The van der Waals surface area contributed by atoms with Gasteiger partial charge in [0.25, 0.3) is 5.91 Å². The normalized spacial score (nSPS) is 17.2. The largest absolute Gasteiger partial charge is 0.457 e. The summed E-state index contributed by atoms with van der Waals surface area (Å²) in [6.07, 6.45) is 5.38. The quantitative estimate of drug-likeness (QED) is 0.173. The van der Waals surface area contributed by atoms with Crippen molar-refractivity contribution in [3.63, 3.8) is 0 Å². The first-order valence-electron chi connectivity index (χ1n) is 18.4. The Morgan fingerprint density at radius 3 is 2.29 bits per heavy atom. The number of likely N-dealkylation sites (N-methyl/N-ethyl adjacent to an activating group) is 1. The Bertz CT molecular complexity index is 1950. The van der Waals surface area contributed by atoms with Crippen LogP contribution in [-0.2, 0) is 26.3 Å². The van der Waals surface area contributed by atoms with Crippen LogP contribution in [0, 0.1) is 0 Å². The first kappa shape index (κ1) is 37.5. The summed E-state index contributed by atoms with van der Waals surface area (Å²) in [6, 6.07) is 22.9. The van der Waals surface area contributed by atoms with Gasteiger partial charge < -0.3 is 23.8 Å². The predicted octanol–water partition coefficient (Wildman–Crippen LogP) is 6.25. The van der Waals surface area contributed by atoms with Gasteiger partial charge in [-0.05, 0) is 91.5 Å². The number of nitrogens with zero attached hydrogens (tertiary/aromatic N) is 4. The molecule has 2 amide bonds. The highest BCUT2D eigenvalue weighted by atomic mass is 32.2. The van der Waals surface area contributed by atoms with E-state index in [-0.39, 0.29) is 30.0 Å². The molecule has 1 N–H and O–H groups in total. The number of nitrogens with one attached hydrogen (secondary N) is 1. The maximum Gasteiger partial charge on any atom is 0.303 e. The van der Waals surface area contributed by atoms with Crippen molar-refractivity contribution in [1.29, 1.82) is 0 Å². The van der Waals surface area contributed by atoms with Crippen LogP contribution in [0.5, 0.6) is 11.5 Å². The monoisotopic (exact) mass is 729 g/mol. The molecule has 1 aromatic heterocycles. The van der Waals surface area contributed by atoms with E-state index in [1.54, 1.807) is 12.1 Å². The zero-order valence-electron chi connectivity index (χ0n) is 30.7. The number of hydrogen-bond acceptors (Lipinski definition) is 7. The molecule has 2 aliphatic rings. The van der Waals surface area contributed by atoms with Crippen LogP contribution in [0.1, 0.15) is 67.8 Å². The van der Waals surface area contributed by atoms with Gasteiger partial charge in [0.05, 0.1) is 23.9 Å². The lowest BCUT2D eigenvalue weighted by molar-refractivity contribution is -0.140. The van der Waals surface area contributed by atoms with Gasteiger partial charge in [-0.3, -0.25) is 9.59 Å². The summed E-state index contributed by atoms with van der Waals surface area (Å²) in [6.45, 7) is 8.36. The minimum atomic E-state index is -4.01. The van der Waals surface area contributed by atoms with E-state index in [0.29, 0.717) is 25.4 Å². The zero-order valence-corrected chi connectivity index (χ0v) is 31.5. The maximum absolute atomic E-state index is 14.3. The third-order valence-corrected chi connectivity index (χ3v) is 11.7. The third-order valence-electron chi connectivity index (χ3n) is 10.3. The topological polar surface area (TPSA) is 113 Å². The second kappa shape index (κ2) is 16.6. The number of benzene rings is 3. The lowest BCUT2D eigenvalue weighted by Gasteiger charge is -2.35. The van der Waals surface area contributed by atoms with Crippen molar-refractivity contribution < 1.29 is 27.5 Å². The summed E-state index contributed by atoms with van der Waals surface area (Å²) in [5.41, 5.74) is 3.95. The van der Waals surface area contributed by atoms with E-state index in [0.717, 1.165) is 83.1 Å². The first-order valence-corrected chi connectivity index (χ1v) is 19.9. The Hall–Kier alpha value is -4.23. The lowest BCUT2D eigenvalue weighted by atomic mass is 9.81. The predicted molar refractivity (Wildman–Crippen MR) is 204 cm³/mol. The van der Waals surface area contributed by atoms with Crippen molar-refractivity contribution in [3.8, 4) is 22.8 Å². The van der Waals surface area contributed by atoms with Gasteiger partial charge in [0.15, 0.2) is 0 Å². The summed E-state index contributed by atoms with van der Waals surface area (Å²) >= 11 is 0. The minimum absolute atomic E-state index is 0.0322. The van der Waals surface area contributed by atoms with Crippen LogP contribution in [-0.4, -0.2) is 98.4 Å². The van der Waals surface area contributed by atoms with Crippen molar-refractivity contribution in [2.45, 2.75) is 64.5 Å². The molecule has 11 nitrogen and oxygen atoms in total. The molecule has 12 heteroatoms. The highest BCUT2D eigenvalue weighted by Gasteiger charge is 2.31. The van der Waals surface area contributed by atoms with Crippen LogP contribution in [0.3, 0.4) is 0 Å². The van der Waals surface area contributed by atoms with E-state index in [9.17, 15) is 18.0 Å². The van der Waals surface area contributed by atoms with Crippen LogP contribution < -0.4 is 9.46 Å². The number of rotatable bonds is 13. The molecule has 278 valence electrons. The van der Waals surface area contributed by atoms with E-state index in [1.807, 2.05) is 70.1 Å². The fraction of sp³-hybridized carbons (Fsp3) is 0.450. The SMILES string of the molecule is CCN(CC)CC1CN(C(=O)Cn2c(-c3ccc(Oc4ccccc4)cc3)c(C3CCCCC3)c3ccc(C(=O)NS(=O)(=O)N(C)C)cc32)CCO1. The fourth-order valence-corrected chi connectivity index (χ4v) is 7.97. The number of hydrogen-bond donors (Lipinski definition) is 1. The van der Waals surface area contributed by atoms with E-state index in [1.165, 1.54) is 20.5 Å². The molecular formula is C40H51N5O6S. The summed E-state index contributed by atoms with van der Waals surface area (Å²) in [4.78, 5) is 31.9. The number of aromatic nitrogens is 1. The molecule has 1 atom stereocenters.